The molecule has 0 amide bonds. The Balaban J connectivity index is 2.68. The molecule has 0 saturated carbocycles. The fraction of sp³-hybridized carbons (Fsp3) is 0.533. The molecule has 0 radical (unpaired) electrons. The monoisotopic (exact) mass is 390 g/mol. The molecule has 19 heavy (non-hydrogen) atoms. The highest BCUT2D eigenvalue weighted by molar-refractivity contribution is 9.11. The third-order valence-corrected chi connectivity index (χ3v) is 4.34. The molecule has 0 aliphatic carbocycles. The maximum Gasteiger partial charge on any atom is 0.150 e. The standard InChI is InChI=1S/C15H20Br2O2/c1-3-5-6-11(4-2)10-19-15-13(16)7-12(9-18)8-14(15)17/h7-9,11H,3-6,10H2,1-2H3. The van der Waals surface area contributed by atoms with E-state index in [0.29, 0.717) is 18.1 Å². The molecule has 1 atom stereocenters. The predicted octanol–water partition coefficient (Wildman–Crippen LogP) is 5.62. The highest BCUT2D eigenvalue weighted by atomic mass is 79.9. The number of ether oxygens (including phenoxy) is 1. The van der Waals surface area contributed by atoms with Crippen LogP contribution in [0.15, 0.2) is 21.1 Å². The average molecular weight is 392 g/mol. The normalized spacial score (nSPS) is 12.2. The number of rotatable bonds is 8. The van der Waals surface area contributed by atoms with Crippen molar-refractivity contribution < 1.29 is 9.53 Å². The lowest BCUT2D eigenvalue weighted by Crippen LogP contribution is -2.11. The van der Waals surface area contributed by atoms with Gasteiger partial charge in [0, 0.05) is 5.56 Å². The number of halogens is 2. The van der Waals surface area contributed by atoms with E-state index >= 15 is 0 Å². The Hall–Kier alpha value is -0.350. The summed E-state index contributed by atoms with van der Waals surface area (Å²) >= 11 is 6.90. The molecule has 4 heteroatoms. The Morgan fingerprint density at radius 2 is 1.89 bits per heavy atom. The third kappa shape index (κ3) is 5.27. The molecule has 1 aromatic carbocycles. The maximum absolute atomic E-state index is 10.8. The van der Waals surface area contributed by atoms with E-state index in [9.17, 15) is 4.79 Å². The maximum atomic E-state index is 10.8. The zero-order valence-corrected chi connectivity index (χ0v) is 14.6. The first-order valence-electron chi connectivity index (χ1n) is 6.69. The Bertz CT molecular complexity index is 396. The fourth-order valence-corrected chi connectivity index (χ4v) is 3.34. The first kappa shape index (κ1) is 16.7. The van der Waals surface area contributed by atoms with Gasteiger partial charge in [0.25, 0.3) is 0 Å². The first-order chi connectivity index (χ1) is 9.12. The highest BCUT2D eigenvalue weighted by Gasteiger charge is 2.12. The number of benzene rings is 1. The summed E-state index contributed by atoms with van der Waals surface area (Å²) in [5.74, 6) is 1.37. The van der Waals surface area contributed by atoms with Crippen molar-refractivity contribution in [2.75, 3.05) is 6.61 Å². The van der Waals surface area contributed by atoms with E-state index in [1.54, 1.807) is 12.1 Å². The van der Waals surface area contributed by atoms with Crippen LogP contribution in [0.4, 0.5) is 0 Å². The lowest BCUT2D eigenvalue weighted by atomic mass is 10.0. The molecule has 0 N–H and O–H groups in total. The van der Waals surface area contributed by atoms with Gasteiger partial charge in [-0.2, -0.15) is 0 Å². The second-order valence-electron chi connectivity index (χ2n) is 4.66. The molecule has 0 spiro atoms. The summed E-state index contributed by atoms with van der Waals surface area (Å²) in [7, 11) is 0. The van der Waals surface area contributed by atoms with Gasteiger partial charge in [0.2, 0.25) is 0 Å². The Morgan fingerprint density at radius 1 is 1.26 bits per heavy atom. The van der Waals surface area contributed by atoms with Gasteiger partial charge >= 0.3 is 0 Å². The van der Waals surface area contributed by atoms with E-state index in [0.717, 1.165) is 27.4 Å². The largest absolute Gasteiger partial charge is 0.491 e. The van der Waals surface area contributed by atoms with Crippen LogP contribution in [-0.2, 0) is 0 Å². The van der Waals surface area contributed by atoms with Gasteiger partial charge in [0.15, 0.2) is 0 Å². The Kier molecular flexibility index (Phi) is 7.69. The number of unbranched alkanes of at least 4 members (excludes halogenated alkanes) is 1. The van der Waals surface area contributed by atoms with E-state index in [1.165, 1.54) is 19.3 Å². The van der Waals surface area contributed by atoms with Gasteiger partial charge in [-0.05, 0) is 56.3 Å². The summed E-state index contributed by atoms with van der Waals surface area (Å²) < 4.78 is 7.54. The molecule has 1 unspecified atom stereocenters. The van der Waals surface area contributed by atoms with Crippen molar-refractivity contribution in [3.63, 3.8) is 0 Å². The number of aldehydes is 1. The summed E-state index contributed by atoms with van der Waals surface area (Å²) in [5, 5.41) is 0. The van der Waals surface area contributed by atoms with E-state index in [-0.39, 0.29) is 0 Å². The average Bonchev–Trinajstić information content (AvgIpc) is 2.40. The quantitative estimate of drug-likeness (QED) is 0.537. The van der Waals surface area contributed by atoms with Gasteiger partial charge in [0.1, 0.15) is 12.0 Å². The second-order valence-corrected chi connectivity index (χ2v) is 6.37. The van der Waals surface area contributed by atoms with Crippen LogP contribution in [0.2, 0.25) is 0 Å². The third-order valence-electron chi connectivity index (χ3n) is 3.16. The molecular formula is C15H20Br2O2. The van der Waals surface area contributed by atoms with Crippen molar-refractivity contribution in [2.24, 2.45) is 5.92 Å². The molecule has 2 nitrogen and oxygen atoms in total. The van der Waals surface area contributed by atoms with E-state index in [4.69, 9.17) is 4.74 Å². The van der Waals surface area contributed by atoms with Crippen LogP contribution in [0.5, 0.6) is 5.75 Å². The van der Waals surface area contributed by atoms with E-state index in [1.807, 2.05) is 0 Å². The van der Waals surface area contributed by atoms with Crippen LogP contribution in [-0.4, -0.2) is 12.9 Å². The van der Waals surface area contributed by atoms with Crippen molar-refractivity contribution in [1.29, 1.82) is 0 Å². The van der Waals surface area contributed by atoms with Gasteiger partial charge < -0.3 is 4.74 Å². The first-order valence-corrected chi connectivity index (χ1v) is 8.27. The van der Waals surface area contributed by atoms with Gasteiger partial charge in [-0.25, -0.2) is 0 Å². The van der Waals surface area contributed by atoms with Crippen molar-refractivity contribution in [1.82, 2.24) is 0 Å². The second kappa shape index (κ2) is 8.75. The zero-order chi connectivity index (χ0) is 14.3. The van der Waals surface area contributed by atoms with Crippen LogP contribution in [0, 0.1) is 5.92 Å². The van der Waals surface area contributed by atoms with Crippen LogP contribution in [0.25, 0.3) is 0 Å². The highest BCUT2D eigenvalue weighted by Crippen LogP contribution is 2.35. The van der Waals surface area contributed by atoms with Crippen molar-refractivity contribution >= 4 is 38.1 Å². The molecule has 0 aliphatic rings. The molecule has 0 bridgehead atoms. The van der Waals surface area contributed by atoms with Gasteiger partial charge in [-0.15, -0.1) is 0 Å². The smallest absolute Gasteiger partial charge is 0.150 e. The minimum atomic E-state index is 0.587. The van der Waals surface area contributed by atoms with Crippen LogP contribution < -0.4 is 4.74 Å². The molecule has 0 aliphatic heterocycles. The molecule has 1 aromatic rings. The molecule has 0 heterocycles. The summed E-state index contributed by atoms with van der Waals surface area (Å²) in [6.07, 6.45) is 5.62. The van der Waals surface area contributed by atoms with Gasteiger partial charge in [-0.1, -0.05) is 33.1 Å². The van der Waals surface area contributed by atoms with Crippen molar-refractivity contribution in [3.8, 4) is 5.75 Å². The number of hydrogen-bond donors (Lipinski definition) is 0. The minimum absolute atomic E-state index is 0.587. The van der Waals surface area contributed by atoms with Crippen LogP contribution in [0.3, 0.4) is 0 Å². The van der Waals surface area contributed by atoms with Crippen molar-refractivity contribution in [3.05, 3.63) is 26.6 Å². The van der Waals surface area contributed by atoms with Gasteiger partial charge in [0.05, 0.1) is 15.6 Å². The lowest BCUT2D eigenvalue weighted by molar-refractivity contribution is 0.112. The molecule has 1 rings (SSSR count). The summed E-state index contributed by atoms with van der Waals surface area (Å²) in [6.45, 7) is 5.12. The summed E-state index contributed by atoms with van der Waals surface area (Å²) in [4.78, 5) is 10.8. The number of carbonyl (C=O) groups excluding carboxylic acids is 1. The minimum Gasteiger partial charge on any atom is -0.491 e. The van der Waals surface area contributed by atoms with Gasteiger partial charge in [-0.3, -0.25) is 4.79 Å². The fourth-order valence-electron chi connectivity index (χ4n) is 1.88. The molecule has 0 fully saturated rings. The number of carbonyl (C=O) groups is 1. The lowest BCUT2D eigenvalue weighted by Gasteiger charge is -2.17. The number of hydrogen-bond acceptors (Lipinski definition) is 2. The predicted molar refractivity (Wildman–Crippen MR) is 86.0 cm³/mol. The summed E-state index contributed by atoms with van der Waals surface area (Å²) in [6, 6.07) is 3.56. The molecule has 0 aromatic heterocycles. The van der Waals surface area contributed by atoms with E-state index in [2.05, 4.69) is 45.7 Å². The molecular weight excluding hydrogens is 372 g/mol. The summed E-state index contributed by atoms with van der Waals surface area (Å²) in [5.41, 5.74) is 0.629. The van der Waals surface area contributed by atoms with Crippen molar-refractivity contribution in [2.45, 2.75) is 39.5 Å². The molecule has 106 valence electrons. The Labute approximate surface area is 132 Å². The SMILES string of the molecule is CCCCC(CC)COc1c(Br)cc(C=O)cc1Br. The Morgan fingerprint density at radius 3 is 2.37 bits per heavy atom. The van der Waals surface area contributed by atoms with Crippen LogP contribution in [0.1, 0.15) is 49.9 Å². The zero-order valence-electron chi connectivity index (χ0n) is 11.4. The molecule has 0 saturated heterocycles. The van der Waals surface area contributed by atoms with E-state index < -0.39 is 0 Å². The topological polar surface area (TPSA) is 26.3 Å². The van der Waals surface area contributed by atoms with Crippen LogP contribution >= 0.6 is 31.9 Å².